The minimum atomic E-state index is -1.06. The van der Waals surface area contributed by atoms with Gasteiger partial charge in [0.1, 0.15) is 0 Å². The second-order valence-corrected chi connectivity index (χ2v) is 9.82. The molecule has 10 nitrogen and oxygen atoms in total. The molecule has 4 aromatic rings. The number of anilines is 2. The molecule has 4 rings (SSSR count). The summed E-state index contributed by atoms with van der Waals surface area (Å²) >= 11 is 9.19. The van der Waals surface area contributed by atoms with Gasteiger partial charge in [0.2, 0.25) is 0 Å². The maximum atomic E-state index is 12.8. The van der Waals surface area contributed by atoms with Crippen LogP contribution in [0.1, 0.15) is 26.3 Å². The van der Waals surface area contributed by atoms with Gasteiger partial charge >= 0.3 is 17.8 Å². The van der Waals surface area contributed by atoms with Gasteiger partial charge in [-0.2, -0.15) is 5.10 Å². The van der Waals surface area contributed by atoms with Gasteiger partial charge < -0.3 is 20.1 Å². The monoisotopic (exact) mass is 648 g/mol. The first-order valence-corrected chi connectivity index (χ1v) is 13.4. The smallest absolute Gasteiger partial charge is 0.343 e. The topological polar surface area (TPSA) is 135 Å². The zero-order valence-corrected chi connectivity index (χ0v) is 24.2. The largest absolute Gasteiger partial charge is 0.493 e. The van der Waals surface area contributed by atoms with Gasteiger partial charge in [-0.25, -0.2) is 10.2 Å². The number of nitrogens with zero attached hydrogens (tertiary/aromatic N) is 1. The van der Waals surface area contributed by atoms with Crippen molar-refractivity contribution in [2.24, 2.45) is 5.10 Å². The van der Waals surface area contributed by atoms with Crippen molar-refractivity contribution in [2.45, 2.75) is 0 Å². The van der Waals surface area contributed by atoms with Crippen molar-refractivity contribution in [3.8, 4) is 11.5 Å². The molecule has 0 saturated heterocycles. The molecule has 0 saturated carbocycles. The summed E-state index contributed by atoms with van der Waals surface area (Å²) in [5.41, 5.74) is 3.78. The van der Waals surface area contributed by atoms with Crippen LogP contribution in [0.25, 0.3) is 0 Å². The number of nitrogens with one attached hydrogen (secondary N) is 3. The zero-order chi connectivity index (χ0) is 30.1. The number of hydrogen-bond donors (Lipinski definition) is 3. The van der Waals surface area contributed by atoms with Crippen molar-refractivity contribution in [3.63, 3.8) is 0 Å². The van der Waals surface area contributed by atoms with E-state index in [0.29, 0.717) is 21.8 Å². The van der Waals surface area contributed by atoms with Gasteiger partial charge in [0.15, 0.2) is 11.5 Å². The Balaban J connectivity index is 1.35. The van der Waals surface area contributed by atoms with Crippen LogP contribution in [-0.4, -0.2) is 37.0 Å². The van der Waals surface area contributed by atoms with E-state index in [4.69, 9.17) is 21.1 Å². The van der Waals surface area contributed by atoms with Crippen LogP contribution in [-0.2, 0) is 9.59 Å². The van der Waals surface area contributed by atoms with Crippen molar-refractivity contribution in [3.05, 3.63) is 117 Å². The fourth-order valence-electron chi connectivity index (χ4n) is 3.51. The van der Waals surface area contributed by atoms with Crippen molar-refractivity contribution >= 4 is 68.8 Å². The average Bonchev–Trinajstić information content (AvgIpc) is 2.99. The fraction of sp³-hybridized carbons (Fsp3) is 0.0333. The van der Waals surface area contributed by atoms with Crippen molar-refractivity contribution < 1.29 is 28.7 Å². The van der Waals surface area contributed by atoms with Crippen molar-refractivity contribution in [1.82, 2.24) is 5.43 Å². The van der Waals surface area contributed by atoms with Gasteiger partial charge in [0, 0.05) is 15.2 Å². The van der Waals surface area contributed by atoms with Crippen LogP contribution in [0.15, 0.2) is 101 Å². The number of rotatable bonds is 8. The molecule has 0 aliphatic rings. The Labute approximate surface area is 253 Å². The van der Waals surface area contributed by atoms with E-state index in [0.717, 1.165) is 4.47 Å². The molecule has 0 heterocycles. The van der Waals surface area contributed by atoms with Crippen LogP contribution >= 0.6 is 27.5 Å². The third-order valence-electron chi connectivity index (χ3n) is 5.58. The highest BCUT2D eigenvalue weighted by atomic mass is 79.9. The molecular weight excluding hydrogens is 628 g/mol. The number of benzene rings is 4. The van der Waals surface area contributed by atoms with E-state index >= 15 is 0 Å². The fourth-order valence-corrected chi connectivity index (χ4v) is 3.90. The summed E-state index contributed by atoms with van der Waals surface area (Å²) in [4.78, 5) is 50.1. The molecular formula is C30H22BrClN4O6. The van der Waals surface area contributed by atoms with Gasteiger partial charge in [0.05, 0.1) is 30.1 Å². The zero-order valence-electron chi connectivity index (χ0n) is 21.9. The lowest BCUT2D eigenvalue weighted by Crippen LogP contribution is -2.33. The molecule has 0 atom stereocenters. The molecule has 12 heteroatoms. The quantitative estimate of drug-likeness (QED) is 0.0740. The highest BCUT2D eigenvalue weighted by molar-refractivity contribution is 9.10. The number of methoxy groups -OCH3 is 1. The Morgan fingerprint density at radius 1 is 0.833 bits per heavy atom. The van der Waals surface area contributed by atoms with Crippen LogP contribution in [0.4, 0.5) is 11.4 Å². The predicted octanol–water partition coefficient (Wildman–Crippen LogP) is 5.67. The molecule has 3 amide bonds. The first-order valence-electron chi connectivity index (χ1n) is 12.2. The number of ether oxygens (including phenoxy) is 2. The molecule has 4 aromatic carbocycles. The van der Waals surface area contributed by atoms with Gasteiger partial charge in [-0.1, -0.05) is 39.7 Å². The number of hydrazone groups is 1. The van der Waals surface area contributed by atoms with E-state index in [1.165, 1.54) is 49.7 Å². The molecule has 0 aromatic heterocycles. The van der Waals surface area contributed by atoms with E-state index < -0.39 is 23.7 Å². The van der Waals surface area contributed by atoms with Gasteiger partial charge in [0.25, 0.3) is 5.91 Å². The summed E-state index contributed by atoms with van der Waals surface area (Å²) in [6.07, 6.45) is 1.28. The second-order valence-electron chi connectivity index (χ2n) is 8.47. The van der Waals surface area contributed by atoms with E-state index in [-0.39, 0.29) is 22.7 Å². The normalized spacial score (nSPS) is 10.5. The predicted molar refractivity (Wildman–Crippen MR) is 162 cm³/mol. The number of amides is 3. The van der Waals surface area contributed by atoms with Crippen LogP contribution in [0, 0.1) is 0 Å². The Morgan fingerprint density at radius 3 is 2.26 bits per heavy atom. The van der Waals surface area contributed by atoms with E-state index in [9.17, 15) is 19.2 Å². The first kappa shape index (κ1) is 30.0. The summed E-state index contributed by atoms with van der Waals surface area (Å²) in [5, 5.41) is 9.45. The number of para-hydroxylation sites is 1. The van der Waals surface area contributed by atoms with Gasteiger partial charge in [-0.15, -0.1) is 0 Å². The number of halogens is 2. The Morgan fingerprint density at radius 2 is 1.55 bits per heavy atom. The molecule has 0 fully saturated rings. The second kappa shape index (κ2) is 14.1. The number of esters is 1. The standard InChI is InChI=1S/C30H22BrClN4O6/c1-41-26-16-18(6-15-25(26)42-30(40)19-7-11-21(32)12-8-19)17-33-36-29(39)28(38)35-24-5-3-2-4-23(24)27(37)34-22-13-9-20(31)10-14-22/h2-17H,1H3,(H,34,37)(H,35,38)(H,36,39)/b33-17+. The number of carbonyl (C=O) groups excluding carboxylic acids is 4. The van der Waals surface area contributed by atoms with Crippen LogP contribution < -0.4 is 25.5 Å². The maximum Gasteiger partial charge on any atom is 0.343 e. The Hall–Kier alpha value is -5.00. The van der Waals surface area contributed by atoms with Crippen LogP contribution in [0.5, 0.6) is 11.5 Å². The number of hydrogen-bond acceptors (Lipinski definition) is 7. The minimum absolute atomic E-state index is 0.143. The number of carbonyl (C=O) groups is 4. The summed E-state index contributed by atoms with van der Waals surface area (Å²) in [6.45, 7) is 0. The average molecular weight is 650 g/mol. The molecule has 0 aliphatic heterocycles. The molecule has 3 N–H and O–H groups in total. The summed E-state index contributed by atoms with van der Waals surface area (Å²) in [6, 6.07) is 24.1. The highest BCUT2D eigenvalue weighted by Crippen LogP contribution is 2.28. The van der Waals surface area contributed by atoms with E-state index in [1.807, 2.05) is 0 Å². The Bertz CT molecular complexity index is 1660. The maximum absolute atomic E-state index is 12.8. The lowest BCUT2D eigenvalue weighted by Gasteiger charge is -2.11. The van der Waals surface area contributed by atoms with Gasteiger partial charge in [-0.3, -0.25) is 14.4 Å². The highest BCUT2D eigenvalue weighted by Gasteiger charge is 2.18. The van der Waals surface area contributed by atoms with E-state index in [2.05, 4.69) is 37.1 Å². The summed E-state index contributed by atoms with van der Waals surface area (Å²) in [5.74, 6) is -2.75. The molecule has 0 spiro atoms. The molecule has 0 aliphatic carbocycles. The molecule has 0 unspecified atom stereocenters. The third-order valence-corrected chi connectivity index (χ3v) is 6.36. The SMILES string of the molecule is COc1cc(/C=N/NC(=O)C(=O)Nc2ccccc2C(=O)Nc2ccc(Br)cc2)ccc1OC(=O)c1ccc(Cl)cc1. The molecule has 0 radical (unpaired) electrons. The molecule has 0 bridgehead atoms. The van der Waals surface area contributed by atoms with Crippen molar-refractivity contribution in [1.29, 1.82) is 0 Å². The first-order chi connectivity index (χ1) is 20.2. The lowest BCUT2D eigenvalue weighted by atomic mass is 10.1. The van der Waals surface area contributed by atoms with Crippen LogP contribution in [0.2, 0.25) is 5.02 Å². The molecule has 42 heavy (non-hydrogen) atoms. The summed E-state index contributed by atoms with van der Waals surface area (Å²) < 4.78 is 11.6. The van der Waals surface area contributed by atoms with Crippen LogP contribution in [0.3, 0.4) is 0 Å². The lowest BCUT2D eigenvalue weighted by molar-refractivity contribution is -0.136. The Kier molecular flexibility index (Phi) is 10.0. The third kappa shape index (κ3) is 8.03. The van der Waals surface area contributed by atoms with E-state index in [1.54, 1.807) is 54.6 Å². The molecule has 212 valence electrons. The van der Waals surface area contributed by atoms with Gasteiger partial charge in [-0.05, 0) is 84.4 Å². The summed E-state index contributed by atoms with van der Waals surface area (Å²) in [7, 11) is 1.40. The minimum Gasteiger partial charge on any atom is -0.493 e. The van der Waals surface area contributed by atoms with Crippen molar-refractivity contribution in [2.75, 3.05) is 17.7 Å².